The predicted octanol–water partition coefficient (Wildman–Crippen LogP) is 2.62. The molecule has 3 aromatic rings. The van der Waals surface area contributed by atoms with Crippen LogP contribution in [0.3, 0.4) is 0 Å². The van der Waals surface area contributed by atoms with Crippen LogP contribution >= 0.6 is 0 Å². The number of carbonyl (C=O) groups is 2. The molecule has 2 aliphatic heterocycles. The van der Waals surface area contributed by atoms with E-state index in [9.17, 15) is 18.0 Å². The van der Waals surface area contributed by atoms with Gasteiger partial charge in [-0.2, -0.15) is 4.31 Å². The minimum absolute atomic E-state index is 0.0447. The average molecular weight is 510 g/mol. The highest BCUT2D eigenvalue weighted by molar-refractivity contribution is 7.89. The number of rotatable bonds is 6. The van der Waals surface area contributed by atoms with E-state index in [2.05, 4.69) is 15.3 Å². The van der Waals surface area contributed by atoms with Crippen molar-refractivity contribution in [2.75, 3.05) is 31.1 Å². The topological polar surface area (TPSA) is 115 Å². The number of piperidine rings is 1. The number of H-pyrrole nitrogens is 1. The standard InChI is InChI=1S/C26H31N5O4S/c1-18(32)31-15-5-6-19-16-21(10-11-24(19)31)36(34,35)30-14-4-7-20(17-30)26(33)27-13-12-25-28-22-8-2-3-9-23(22)29-25/h2-3,8-11,16,20H,4-7,12-15,17H2,1H3,(H,27,33)(H,28,29). The van der Waals surface area contributed by atoms with Gasteiger partial charge in [-0.1, -0.05) is 12.1 Å². The number of nitrogens with zero attached hydrogens (tertiary/aromatic N) is 3. The Balaban J connectivity index is 1.22. The summed E-state index contributed by atoms with van der Waals surface area (Å²) in [6.07, 6.45) is 3.39. The first-order valence-electron chi connectivity index (χ1n) is 12.5. The molecule has 3 heterocycles. The van der Waals surface area contributed by atoms with Crippen molar-refractivity contribution in [2.24, 2.45) is 5.92 Å². The summed E-state index contributed by atoms with van der Waals surface area (Å²) in [5.74, 6) is 0.237. The van der Waals surface area contributed by atoms with Crippen molar-refractivity contribution in [3.8, 4) is 0 Å². The first-order chi connectivity index (χ1) is 17.3. The number of nitrogens with one attached hydrogen (secondary N) is 2. The predicted molar refractivity (Wildman–Crippen MR) is 137 cm³/mol. The van der Waals surface area contributed by atoms with Crippen molar-refractivity contribution < 1.29 is 18.0 Å². The third-order valence-electron chi connectivity index (χ3n) is 7.04. The van der Waals surface area contributed by atoms with Crippen molar-refractivity contribution in [2.45, 2.75) is 43.9 Å². The lowest BCUT2D eigenvalue weighted by Gasteiger charge is -2.32. The third-order valence-corrected chi connectivity index (χ3v) is 8.90. The van der Waals surface area contributed by atoms with Crippen molar-refractivity contribution >= 4 is 38.6 Å². The maximum Gasteiger partial charge on any atom is 0.243 e. The van der Waals surface area contributed by atoms with Crippen LogP contribution in [0.1, 0.15) is 37.6 Å². The molecule has 0 saturated carbocycles. The summed E-state index contributed by atoms with van der Waals surface area (Å²) < 4.78 is 28.3. The Bertz CT molecular complexity index is 1370. The number of amides is 2. The molecule has 0 spiro atoms. The van der Waals surface area contributed by atoms with Gasteiger partial charge in [0.05, 0.1) is 21.8 Å². The second-order valence-electron chi connectivity index (χ2n) is 9.51. The van der Waals surface area contributed by atoms with Gasteiger partial charge >= 0.3 is 0 Å². The minimum atomic E-state index is -3.74. The number of hydrogen-bond donors (Lipinski definition) is 2. The van der Waals surface area contributed by atoms with Gasteiger partial charge in [0.1, 0.15) is 5.82 Å². The number of anilines is 1. The Morgan fingerprint density at radius 3 is 2.78 bits per heavy atom. The maximum absolute atomic E-state index is 13.4. The Labute approximate surface area is 210 Å². The van der Waals surface area contributed by atoms with E-state index in [1.807, 2.05) is 24.3 Å². The summed E-state index contributed by atoms with van der Waals surface area (Å²) in [5, 5.41) is 2.96. The van der Waals surface area contributed by atoms with Crippen LogP contribution in [0, 0.1) is 5.92 Å². The smallest absolute Gasteiger partial charge is 0.243 e. The zero-order valence-electron chi connectivity index (χ0n) is 20.4. The lowest BCUT2D eigenvalue weighted by Crippen LogP contribution is -2.45. The molecule has 1 unspecified atom stereocenters. The first-order valence-corrected chi connectivity index (χ1v) is 13.9. The number of benzene rings is 2. The van der Waals surface area contributed by atoms with Gasteiger partial charge in [0, 0.05) is 45.2 Å². The van der Waals surface area contributed by atoms with E-state index in [-0.39, 0.29) is 23.3 Å². The van der Waals surface area contributed by atoms with E-state index in [1.54, 1.807) is 23.1 Å². The Morgan fingerprint density at radius 2 is 1.97 bits per heavy atom. The first kappa shape index (κ1) is 24.5. The van der Waals surface area contributed by atoms with Crippen molar-refractivity contribution in [1.82, 2.24) is 19.6 Å². The summed E-state index contributed by atoms with van der Waals surface area (Å²) >= 11 is 0. The van der Waals surface area contributed by atoms with Gasteiger partial charge in [0.25, 0.3) is 0 Å². The fourth-order valence-electron chi connectivity index (χ4n) is 5.16. The van der Waals surface area contributed by atoms with E-state index in [4.69, 9.17) is 0 Å². The van der Waals surface area contributed by atoms with E-state index in [0.717, 1.165) is 41.0 Å². The average Bonchev–Trinajstić information content (AvgIpc) is 3.30. The molecule has 0 radical (unpaired) electrons. The molecular formula is C26H31N5O4S. The molecule has 36 heavy (non-hydrogen) atoms. The molecule has 1 atom stereocenters. The van der Waals surface area contributed by atoms with Gasteiger partial charge in [0.2, 0.25) is 21.8 Å². The van der Waals surface area contributed by atoms with Crippen LogP contribution in [0.25, 0.3) is 11.0 Å². The zero-order valence-corrected chi connectivity index (χ0v) is 21.2. The van der Waals surface area contributed by atoms with Crippen LogP contribution in [0.4, 0.5) is 5.69 Å². The van der Waals surface area contributed by atoms with Crippen LogP contribution in [0.2, 0.25) is 0 Å². The summed E-state index contributed by atoms with van der Waals surface area (Å²) in [5.41, 5.74) is 3.51. The molecule has 2 amide bonds. The summed E-state index contributed by atoms with van der Waals surface area (Å²) in [7, 11) is -3.74. The van der Waals surface area contributed by atoms with Gasteiger partial charge in [-0.05, 0) is 61.6 Å². The molecule has 0 bridgehead atoms. The highest BCUT2D eigenvalue weighted by Gasteiger charge is 2.34. The van der Waals surface area contributed by atoms with Crippen LogP contribution in [-0.4, -0.2) is 60.7 Å². The molecule has 1 fully saturated rings. The Morgan fingerprint density at radius 1 is 1.14 bits per heavy atom. The van der Waals surface area contributed by atoms with Crippen LogP contribution in [0.15, 0.2) is 47.4 Å². The number of aryl methyl sites for hydroxylation is 1. The minimum Gasteiger partial charge on any atom is -0.355 e. The summed E-state index contributed by atoms with van der Waals surface area (Å²) in [6.45, 7) is 3.15. The van der Waals surface area contributed by atoms with Crippen molar-refractivity contribution in [3.05, 3.63) is 53.9 Å². The molecule has 1 aromatic heterocycles. The SMILES string of the molecule is CC(=O)N1CCCc2cc(S(=O)(=O)N3CCCC(C(=O)NCCc4nc5ccccc5[nH]4)C3)ccc21. The quantitative estimate of drug-likeness (QED) is 0.530. The van der Waals surface area contributed by atoms with E-state index in [0.29, 0.717) is 38.9 Å². The van der Waals surface area contributed by atoms with Crippen molar-refractivity contribution in [1.29, 1.82) is 0 Å². The normalized spacial score (nSPS) is 18.7. The number of imidazole rings is 1. The number of aromatic nitrogens is 2. The molecule has 0 aliphatic carbocycles. The highest BCUT2D eigenvalue weighted by atomic mass is 32.2. The van der Waals surface area contributed by atoms with Crippen LogP contribution in [0.5, 0.6) is 0 Å². The Hall–Kier alpha value is -3.24. The lowest BCUT2D eigenvalue weighted by atomic mass is 9.99. The fraction of sp³-hybridized carbons (Fsp3) is 0.423. The number of hydrogen-bond acceptors (Lipinski definition) is 5. The van der Waals surface area contributed by atoms with E-state index in [1.165, 1.54) is 11.2 Å². The van der Waals surface area contributed by atoms with Gasteiger partial charge in [-0.25, -0.2) is 13.4 Å². The monoisotopic (exact) mass is 509 g/mol. The van der Waals surface area contributed by atoms with Gasteiger partial charge in [-0.15, -0.1) is 0 Å². The van der Waals surface area contributed by atoms with E-state index < -0.39 is 15.9 Å². The third kappa shape index (κ3) is 4.87. The molecule has 190 valence electrons. The van der Waals surface area contributed by atoms with Gasteiger partial charge in [0.15, 0.2) is 0 Å². The zero-order chi connectivity index (χ0) is 25.3. The molecule has 1 saturated heterocycles. The molecular weight excluding hydrogens is 478 g/mol. The number of fused-ring (bicyclic) bond motifs is 2. The summed E-state index contributed by atoms with van der Waals surface area (Å²) in [6, 6.07) is 12.8. The molecule has 10 heteroatoms. The fourth-order valence-corrected chi connectivity index (χ4v) is 6.73. The number of carbonyl (C=O) groups excluding carboxylic acids is 2. The number of aromatic amines is 1. The highest BCUT2D eigenvalue weighted by Crippen LogP contribution is 2.31. The Kier molecular flexibility index (Phi) is 6.81. The number of para-hydroxylation sites is 2. The van der Waals surface area contributed by atoms with Crippen LogP contribution in [-0.2, 0) is 32.5 Å². The molecule has 5 rings (SSSR count). The van der Waals surface area contributed by atoms with Gasteiger partial charge in [-0.3, -0.25) is 9.59 Å². The van der Waals surface area contributed by atoms with E-state index >= 15 is 0 Å². The molecule has 2 N–H and O–H groups in total. The summed E-state index contributed by atoms with van der Waals surface area (Å²) in [4.78, 5) is 34.5. The van der Waals surface area contributed by atoms with Gasteiger partial charge < -0.3 is 15.2 Å². The maximum atomic E-state index is 13.4. The molecule has 2 aliphatic rings. The number of sulfonamides is 1. The molecule has 9 nitrogen and oxygen atoms in total. The molecule has 2 aromatic carbocycles. The lowest BCUT2D eigenvalue weighted by molar-refractivity contribution is -0.126. The largest absolute Gasteiger partial charge is 0.355 e. The second-order valence-corrected chi connectivity index (χ2v) is 11.4. The van der Waals surface area contributed by atoms with Crippen molar-refractivity contribution in [3.63, 3.8) is 0 Å². The van der Waals surface area contributed by atoms with Crippen LogP contribution < -0.4 is 10.2 Å². The second kappa shape index (κ2) is 10.0.